The minimum atomic E-state index is -4.87. The van der Waals surface area contributed by atoms with E-state index in [0.717, 1.165) is 10.5 Å². The van der Waals surface area contributed by atoms with E-state index in [9.17, 15) is 22.8 Å². The molecular formula is C15H17F3N2O2. The minimum absolute atomic E-state index is 0.00982. The maximum Gasteiger partial charge on any atom is 0.471 e. The fourth-order valence-electron chi connectivity index (χ4n) is 2.49. The second kappa shape index (κ2) is 6.37. The van der Waals surface area contributed by atoms with E-state index in [1.54, 1.807) is 12.1 Å². The second-order valence-electron chi connectivity index (χ2n) is 5.25. The molecule has 0 saturated carbocycles. The summed E-state index contributed by atoms with van der Waals surface area (Å²) in [6.45, 7) is 2.17. The quantitative estimate of drug-likeness (QED) is 0.797. The molecule has 0 aliphatic carbocycles. The van der Waals surface area contributed by atoms with Crippen LogP contribution in [0.4, 0.5) is 13.2 Å². The molecule has 0 N–H and O–H groups in total. The zero-order chi connectivity index (χ0) is 16.3. The summed E-state index contributed by atoms with van der Waals surface area (Å²) >= 11 is 0. The number of benzene rings is 1. The Hall–Kier alpha value is -2.05. The summed E-state index contributed by atoms with van der Waals surface area (Å²) in [6.07, 6.45) is -4.53. The van der Waals surface area contributed by atoms with E-state index < -0.39 is 12.1 Å². The van der Waals surface area contributed by atoms with Gasteiger partial charge in [0.2, 0.25) is 0 Å². The Labute approximate surface area is 126 Å². The van der Waals surface area contributed by atoms with Crippen molar-refractivity contribution < 1.29 is 22.8 Å². The molecule has 2 rings (SSSR count). The number of carbonyl (C=O) groups excluding carboxylic acids is 2. The molecule has 0 atom stereocenters. The molecule has 22 heavy (non-hydrogen) atoms. The Kier molecular flexibility index (Phi) is 4.73. The van der Waals surface area contributed by atoms with Crippen LogP contribution in [-0.2, 0) is 4.79 Å². The van der Waals surface area contributed by atoms with Gasteiger partial charge in [-0.05, 0) is 25.0 Å². The van der Waals surface area contributed by atoms with Gasteiger partial charge in [-0.1, -0.05) is 18.2 Å². The monoisotopic (exact) mass is 314 g/mol. The molecule has 2 amide bonds. The first-order valence-corrected chi connectivity index (χ1v) is 7.01. The van der Waals surface area contributed by atoms with Gasteiger partial charge < -0.3 is 9.80 Å². The first-order chi connectivity index (χ1) is 10.3. The highest BCUT2D eigenvalue weighted by Gasteiger charge is 2.42. The zero-order valence-electron chi connectivity index (χ0n) is 12.2. The summed E-state index contributed by atoms with van der Waals surface area (Å²) in [4.78, 5) is 26.0. The molecule has 1 aromatic carbocycles. The molecule has 1 heterocycles. The number of carbonyl (C=O) groups is 2. The summed E-state index contributed by atoms with van der Waals surface area (Å²) in [5.41, 5.74) is 1.36. The average Bonchev–Trinajstić information content (AvgIpc) is 2.71. The van der Waals surface area contributed by atoms with E-state index in [1.165, 1.54) is 4.90 Å². The van der Waals surface area contributed by atoms with Crippen molar-refractivity contribution in [3.05, 3.63) is 35.4 Å². The lowest BCUT2D eigenvalue weighted by atomic mass is 10.1. The first kappa shape index (κ1) is 16.3. The van der Waals surface area contributed by atoms with E-state index in [1.807, 2.05) is 19.1 Å². The molecule has 120 valence electrons. The van der Waals surface area contributed by atoms with E-state index in [0.29, 0.717) is 18.5 Å². The van der Waals surface area contributed by atoms with Crippen molar-refractivity contribution in [3.63, 3.8) is 0 Å². The lowest BCUT2D eigenvalue weighted by Crippen LogP contribution is -2.43. The Morgan fingerprint density at radius 3 is 2.23 bits per heavy atom. The molecule has 4 nitrogen and oxygen atoms in total. The summed E-state index contributed by atoms with van der Waals surface area (Å²) in [5.74, 6) is -2.04. The van der Waals surface area contributed by atoms with Crippen molar-refractivity contribution in [2.75, 3.05) is 26.2 Å². The third-order valence-corrected chi connectivity index (χ3v) is 3.69. The fourth-order valence-corrected chi connectivity index (χ4v) is 2.49. The molecule has 0 radical (unpaired) electrons. The Morgan fingerprint density at radius 1 is 1.00 bits per heavy atom. The Balaban J connectivity index is 2.06. The van der Waals surface area contributed by atoms with Crippen molar-refractivity contribution in [1.82, 2.24) is 9.80 Å². The maximum atomic E-state index is 12.5. The predicted octanol–water partition coefficient (Wildman–Crippen LogP) is 2.23. The van der Waals surface area contributed by atoms with Crippen molar-refractivity contribution in [3.8, 4) is 0 Å². The molecule has 0 bridgehead atoms. The lowest BCUT2D eigenvalue weighted by Gasteiger charge is -2.23. The van der Waals surface area contributed by atoms with Gasteiger partial charge in [0.15, 0.2) is 0 Å². The Morgan fingerprint density at radius 2 is 1.59 bits per heavy atom. The fraction of sp³-hybridized carbons (Fsp3) is 0.467. The maximum absolute atomic E-state index is 12.5. The molecule has 1 saturated heterocycles. The van der Waals surface area contributed by atoms with Crippen LogP contribution in [0.3, 0.4) is 0 Å². The van der Waals surface area contributed by atoms with Crippen LogP contribution in [0.2, 0.25) is 0 Å². The van der Waals surface area contributed by atoms with Crippen molar-refractivity contribution in [1.29, 1.82) is 0 Å². The van der Waals surface area contributed by atoms with Crippen molar-refractivity contribution in [2.24, 2.45) is 0 Å². The molecule has 1 aromatic rings. The van der Waals surface area contributed by atoms with E-state index in [-0.39, 0.29) is 25.5 Å². The number of alkyl halides is 3. The second-order valence-corrected chi connectivity index (χ2v) is 5.25. The highest BCUT2D eigenvalue weighted by molar-refractivity contribution is 5.95. The van der Waals surface area contributed by atoms with E-state index in [4.69, 9.17) is 0 Å². The van der Waals surface area contributed by atoms with E-state index >= 15 is 0 Å². The number of aryl methyl sites for hydroxylation is 1. The number of hydrogen-bond donors (Lipinski definition) is 0. The molecule has 1 aliphatic heterocycles. The smallest absolute Gasteiger partial charge is 0.337 e. The topological polar surface area (TPSA) is 40.6 Å². The molecule has 0 spiro atoms. The zero-order valence-corrected chi connectivity index (χ0v) is 12.2. The van der Waals surface area contributed by atoms with Crippen molar-refractivity contribution >= 4 is 11.8 Å². The Bertz CT molecular complexity index is 572. The number of hydrogen-bond acceptors (Lipinski definition) is 2. The number of halogens is 3. The third kappa shape index (κ3) is 3.58. The molecule has 0 aromatic heterocycles. The number of rotatable bonds is 1. The predicted molar refractivity (Wildman–Crippen MR) is 74.3 cm³/mol. The number of nitrogens with zero attached hydrogens (tertiary/aromatic N) is 2. The van der Waals surface area contributed by atoms with Gasteiger partial charge in [-0.3, -0.25) is 9.59 Å². The van der Waals surface area contributed by atoms with Crippen LogP contribution in [-0.4, -0.2) is 54.0 Å². The highest BCUT2D eigenvalue weighted by Crippen LogP contribution is 2.20. The van der Waals surface area contributed by atoms with Crippen molar-refractivity contribution in [2.45, 2.75) is 19.5 Å². The van der Waals surface area contributed by atoms with E-state index in [2.05, 4.69) is 0 Å². The van der Waals surface area contributed by atoms with Gasteiger partial charge in [0.25, 0.3) is 5.91 Å². The van der Waals surface area contributed by atoms with Crippen LogP contribution in [0.1, 0.15) is 22.3 Å². The molecular weight excluding hydrogens is 297 g/mol. The lowest BCUT2D eigenvalue weighted by molar-refractivity contribution is -0.185. The summed E-state index contributed by atoms with van der Waals surface area (Å²) < 4.78 is 37.4. The van der Waals surface area contributed by atoms with Gasteiger partial charge >= 0.3 is 12.1 Å². The summed E-state index contributed by atoms with van der Waals surface area (Å²) in [5, 5.41) is 0. The van der Waals surface area contributed by atoms with Crippen LogP contribution < -0.4 is 0 Å². The van der Waals surface area contributed by atoms with Gasteiger partial charge in [0, 0.05) is 31.7 Å². The van der Waals surface area contributed by atoms with Gasteiger partial charge in [0.1, 0.15) is 0 Å². The molecule has 0 unspecified atom stereocenters. The average molecular weight is 314 g/mol. The summed E-state index contributed by atoms with van der Waals surface area (Å²) in [6, 6.07) is 7.07. The minimum Gasteiger partial charge on any atom is -0.337 e. The van der Waals surface area contributed by atoms with Crippen LogP contribution >= 0.6 is 0 Å². The van der Waals surface area contributed by atoms with Gasteiger partial charge in [-0.15, -0.1) is 0 Å². The normalized spacial score (nSPS) is 16.4. The standard InChI is InChI=1S/C15H17F3N2O2/c1-11-5-2-3-6-12(11)13(21)19-7-4-8-20(10-9-19)14(22)15(16,17)18/h2-3,5-6H,4,7-10H2,1H3. The molecule has 1 fully saturated rings. The molecule has 7 heteroatoms. The highest BCUT2D eigenvalue weighted by atomic mass is 19.4. The largest absolute Gasteiger partial charge is 0.471 e. The first-order valence-electron chi connectivity index (χ1n) is 7.01. The van der Waals surface area contributed by atoms with Crippen LogP contribution in [0.5, 0.6) is 0 Å². The SMILES string of the molecule is Cc1ccccc1C(=O)N1CCCN(C(=O)C(F)(F)F)CC1. The van der Waals surface area contributed by atoms with Crippen LogP contribution in [0.25, 0.3) is 0 Å². The summed E-state index contributed by atoms with van der Waals surface area (Å²) in [7, 11) is 0. The van der Waals surface area contributed by atoms with Gasteiger partial charge in [-0.25, -0.2) is 0 Å². The molecule has 1 aliphatic rings. The van der Waals surface area contributed by atoms with Crippen LogP contribution in [0.15, 0.2) is 24.3 Å². The number of amides is 2. The van der Waals surface area contributed by atoms with Gasteiger partial charge in [0.05, 0.1) is 0 Å². The van der Waals surface area contributed by atoms with Gasteiger partial charge in [-0.2, -0.15) is 13.2 Å². The van der Waals surface area contributed by atoms with Crippen LogP contribution in [0, 0.1) is 6.92 Å². The third-order valence-electron chi connectivity index (χ3n) is 3.69.